The monoisotopic (exact) mass is 457 g/mol. The minimum absolute atomic E-state index is 0.0146. The van der Waals surface area contributed by atoms with Gasteiger partial charge in [-0.3, -0.25) is 4.79 Å². The average Bonchev–Trinajstić information content (AvgIpc) is 3.33. The van der Waals surface area contributed by atoms with E-state index < -0.39 is 5.82 Å². The molecule has 0 unspecified atom stereocenters. The third-order valence-corrected chi connectivity index (χ3v) is 5.98. The number of methoxy groups -OCH3 is 2. The Bertz CT molecular complexity index is 1020. The SMILES string of the molecule is CCN(Cc1ccc(OCc2cccs2)c(OC)c1)C(=O)CCc1ccc(OC)c(F)c1. The van der Waals surface area contributed by atoms with E-state index in [1.54, 1.807) is 35.5 Å². The van der Waals surface area contributed by atoms with Crippen molar-refractivity contribution in [3.05, 3.63) is 75.7 Å². The number of nitrogens with zero attached hydrogens (tertiary/aromatic N) is 1. The van der Waals surface area contributed by atoms with E-state index in [0.29, 0.717) is 44.0 Å². The topological polar surface area (TPSA) is 48.0 Å². The van der Waals surface area contributed by atoms with Gasteiger partial charge in [0.25, 0.3) is 0 Å². The molecule has 3 rings (SSSR count). The zero-order valence-corrected chi connectivity index (χ0v) is 19.4. The summed E-state index contributed by atoms with van der Waals surface area (Å²) in [7, 11) is 3.03. The van der Waals surface area contributed by atoms with Gasteiger partial charge in [-0.15, -0.1) is 11.3 Å². The van der Waals surface area contributed by atoms with Crippen LogP contribution in [0.4, 0.5) is 4.39 Å². The molecule has 0 aliphatic carbocycles. The second-order valence-electron chi connectivity index (χ2n) is 7.23. The lowest BCUT2D eigenvalue weighted by molar-refractivity contribution is -0.131. The van der Waals surface area contributed by atoms with Crippen molar-refractivity contribution in [2.45, 2.75) is 32.9 Å². The molecular weight excluding hydrogens is 429 g/mol. The van der Waals surface area contributed by atoms with Crippen LogP contribution in [0.15, 0.2) is 53.9 Å². The molecule has 0 saturated carbocycles. The van der Waals surface area contributed by atoms with Gasteiger partial charge < -0.3 is 19.1 Å². The van der Waals surface area contributed by atoms with Crippen molar-refractivity contribution in [3.63, 3.8) is 0 Å². The average molecular weight is 458 g/mol. The first-order valence-electron chi connectivity index (χ1n) is 10.5. The van der Waals surface area contributed by atoms with E-state index >= 15 is 0 Å². The molecule has 1 amide bonds. The third kappa shape index (κ3) is 6.23. The van der Waals surface area contributed by atoms with Crippen LogP contribution < -0.4 is 14.2 Å². The number of carbonyl (C=O) groups excluding carboxylic acids is 1. The van der Waals surface area contributed by atoms with Crippen molar-refractivity contribution in [3.8, 4) is 17.2 Å². The van der Waals surface area contributed by atoms with Crippen molar-refractivity contribution in [1.29, 1.82) is 0 Å². The van der Waals surface area contributed by atoms with Gasteiger partial charge in [0.2, 0.25) is 5.91 Å². The van der Waals surface area contributed by atoms with Crippen LogP contribution in [-0.4, -0.2) is 31.6 Å². The lowest BCUT2D eigenvalue weighted by atomic mass is 10.1. The molecule has 3 aromatic rings. The van der Waals surface area contributed by atoms with Crippen molar-refractivity contribution < 1.29 is 23.4 Å². The number of benzene rings is 2. The van der Waals surface area contributed by atoms with E-state index in [4.69, 9.17) is 14.2 Å². The molecule has 0 spiro atoms. The van der Waals surface area contributed by atoms with Gasteiger partial charge in [0.15, 0.2) is 23.1 Å². The van der Waals surface area contributed by atoms with Crippen LogP contribution in [0.5, 0.6) is 17.2 Å². The van der Waals surface area contributed by atoms with E-state index in [1.807, 2.05) is 42.6 Å². The normalized spacial score (nSPS) is 10.6. The molecule has 170 valence electrons. The summed E-state index contributed by atoms with van der Waals surface area (Å²) in [6, 6.07) is 14.5. The third-order valence-electron chi connectivity index (χ3n) is 5.13. The molecule has 0 aliphatic heterocycles. The van der Waals surface area contributed by atoms with Crippen LogP contribution in [0.25, 0.3) is 0 Å². The number of aryl methyl sites for hydroxylation is 1. The fraction of sp³-hybridized carbons (Fsp3) is 0.320. The molecule has 0 aliphatic rings. The smallest absolute Gasteiger partial charge is 0.223 e. The van der Waals surface area contributed by atoms with Crippen LogP contribution in [-0.2, 0) is 24.4 Å². The van der Waals surface area contributed by atoms with Crippen molar-refractivity contribution in [1.82, 2.24) is 4.90 Å². The Balaban J connectivity index is 1.59. The number of hydrogen-bond acceptors (Lipinski definition) is 5. The minimum atomic E-state index is -0.418. The largest absolute Gasteiger partial charge is 0.494 e. The van der Waals surface area contributed by atoms with E-state index in [9.17, 15) is 9.18 Å². The van der Waals surface area contributed by atoms with E-state index in [-0.39, 0.29) is 11.7 Å². The van der Waals surface area contributed by atoms with Gasteiger partial charge in [-0.2, -0.15) is 0 Å². The zero-order chi connectivity index (χ0) is 22.9. The molecule has 0 atom stereocenters. The van der Waals surface area contributed by atoms with Gasteiger partial charge in [-0.25, -0.2) is 4.39 Å². The molecule has 0 saturated heterocycles. The lowest BCUT2D eigenvalue weighted by Crippen LogP contribution is -2.30. The molecule has 5 nitrogen and oxygen atoms in total. The molecular formula is C25H28FNO4S. The van der Waals surface area contributed by atoms with Gasteiger partial charge in [0.1, 0.15) is 6.61 Å². The molecule has 0 fully saturated rings. The summed E-state index contributed by atoms with van der Waals surface area (Å²) in [6.07, 6.45) is 0.772. The van der Waals surface area contributed by atoms with Gasteiger partial charge in [-0.1, -0.05) is 18.2 Å². The zero-order valence-electron chi connectivity index (χ0n) is 18.6. The quantitative estimate of drug-likeness (QED) is 0.383. The van der Waals surface area contributed by atoms with Crippen LogP contribution >= 0.6 is 11.3 Å². The lowest BCUT2D eigenvalue weighted by Gasteiger charge is -2.22. The first-order chi connectivity index (χ1) is 15.5. The van der Waals surface area contributed by atoms with Crippen LogP contribution in [0.1, 0.15) is 29.3 Å². The fourth-order valence-electron chi connectivity index (χ4n) is 3.34. The molecule has 0 N–H and O–H groups in total. The molecule has 0 bridgehead atoms. The molecule has 0 radical (unpaired) electrons. The number of rotatable bonds is 11. The number of amides is 1. The van der Waals surface area contributed by atoms with Crippen molar-refractivity contribution in [2.75, 3.05) is 20.8 Å². The standard InChI is InChI=1S/C25H28FNO4S/c1-4-27(25(28)12-9-18-7-10-22(29-2)21(26)14-18)16-19-8-11-23(24(15-19)30-3)31-17-20-6-5-13-32-20/h5-8,10-11,13-15H,4,9,12,16-17H2,1-3H3. The number of carbonyl (C=O) groups is 1. The van der Waals surface area contributed by atoms with E-state index in [1.165, 1.54) is 13.2 Å². The molecule has 1 heterocycles. The summed E-state index contributed by atoms with van der Waals surface area (Å²) in [5, 5.41) is 2.01. The maximum Gasteiger partial charge on any atom is 0.223 e. The maximum atomic E-state index is 13.9. The van der Waals surface area contributed by atoms with Gasteiger partial charge in [-0.05, 0) is 60.2 Å². The number of halogens is 1. The number of ether oxygens (including phenoxy) is 3. The summed E-state index contributed by atoms with van der Waals surface area (Å²) in [4.78, 5) is 15.7. The Morgan fingerprint density at radius 2 is 1.75 bits per heavy atom. The van der Waals surface area contributed by atoms with E-state index in [2.05, 4.69) is 0 Å². The van der Waals surface area contributed by atoms with Crippen molar-refractivity contribution in [2.24, 2.45) is 0 Å². The Morgan fingerprint density at radius 1 is 1.00 bits per heavy atom. The summed E-state index contributed by atoms with van der Waals surface area (Å²) < 4.78 is 30.2. The first-order valence-corrected chi connectivity index (χ1v) is 11.3. The Labute approximate surface area is 192 Å². The molecule has 2 aromatic carbocycles. The van der Waals surface area contributed by atoms with Gasteiger partial charge >= 0.3 is 0 Å². The summed E-state index contributed by atoms with van der Waals surface area (Å²) in [6.45, 7) is 3.47. The summed E-state index contributed by atoms with van der Waals surface area (Å²) in [5.41, 5.74) is 1.72. The van der Waals surface area contributed by atoms with Crippen LogP contribution in [0, 0.1) is 5.82 Å². The van der Waals surface area contributed by atoms with Gasteiger partial charge in [0.05, 0.1) is 14.2 Å². The maximum absolute atomic E-state index is 13.9. The summed E-state index contributed by atoms with van der Waals surface area (Å²) >= 11 is 1.64. The Hall–Kier alpha value is -3.06. The highest BCUT2D eigenvalue weighted by Crippen LogP contribution is 2.30. The number of hydrogen-bond donors (Lipinski definition) is 0. The van der Waals surface area contributed by atoms with Crippen LogP contribution in [0.3, 0.4) is 0 Å². The minimum Gasteiger partial charge on any atom is -0.494 e. The van der Waals surface area contributed by atoms with Crippen molar-refractivity contribution >= 4 is 17.2 Å². The van der Waals surface area contributed by atoms with E-state index in [0.717, 1.165) is 16.0 Å². The molecule has 1 aromatic heterocycles. The predicted octanol–water partition coefficient (Wildman–Crippen LogP) is 5.46. The Morgan fingerprint density at radius 3 is 2.41 bits per heavy atom. The second-order valence-corrected chi connectivity index (χ2v) is 8.26. The highest BCUT2D eigenvalue weighted by molar-refractivity contribution is 7.09. The van der Waals surface area contributed by atoms with Crippen LogP contribution in [0.2, 0.25) is 0 Å². The number of thiophene rings is 1. The highest BCUT2D eigenvalue weighted by Gasteiger charge is 2.15. The second kappa shape index (κ2) is 11.5. The molecule has 32 heavy (non-hydrogen) atoms. The molecule has 7 heteroatoms. The Kier molecular flexibility index (Phi) is 8.50. The predicted molar refractivity (Wildman–Crippen MR) is 124 cm³/mol. The van der Waals surface area contributed by atoms with Gasteiger partial charge in [0, 0.05) is 24.4 Å². The highest BCUT2D eigenvalue weighted by atomic mass is 32.1. The fourth-order valence-corrected chi connectivity index (χ4v) is 3.96. The first kappa shape index (κ1) is 23.6. The summed E-state index contributed by atoms with van der Waals surface area (Å²) in [5.74, 6) is 1.10.